The van der Waals surface area contributed by atoms with Crippen LogP contribution in [0.2, 0.25) is 0 Å². The van der Waals surface area contributed by atoms with Gasteiger partial charge >= 0.3 is 0 Å². The Bertz CT molecular complexity index is 621. The first kappa shape index (κ1) is 11.6. The summed E-state index contributed by atoms with van der Waals surface area (Å²) in [6.45, 7) is 0. The first-order valence-corrected chi connectivity index (χ1v) is 7.48. The lowest BCUT2D eigenvalue weighted by Gasteiger charge is -2.01. The summed E-state index contributed by atoms with van der Waals surface area (Å²) in [7, 11) is -3.29. The van der Waals surface area contributed by atoms with E-state index in [-0.39, 0.29) is 16.5 Å². The maximum atomic E-state index is 11.8. The Labute approximate surface area is 102 Å². The summed E-state index contributed by atoms with van der Waals surface area (Å²) in [4.78, 5) is 4.33. The predicted molar refractivity (Wildman–Crippen MR) is 66.8 cm³/mol. The molecule has 1 aromatic carbocycles. The van der Waals surface area contributed by atoms with Crippen LogP contribution in [0.25, 0.3) is 10.2 Å². The van der Waals surface area contributed by atoms with Gasteiger partial charge in [-0.2, -0.15) is 0 Å². The van der Waals surface area contributed by atoms with Gasteiger partial charge in [-0.15, -0.1) is 11.6 Å². The SMILES string of the molecule is Nc1nc2ccc(S(=O)(=O)CCCl)cc2s1. The van der Waals surface area contributed by atoms with Crippen LogP contribution in [0.3, 0.4) is 0 Å². The smallest absolute Gasteiger partial charge is 0.181 e. The van der Waals surface area contributed by atoms with Crippen LogP contribution in [-0.4, -0.2) is 25.0 Å². The van der Waals surface area contributed by atoms with E-state index < -0.39 is 9.84 Å². The van der Waals surface area contributed by atoms with Gasteiger partial charge in [-0.25, -0.2) is 13.4 Å². The van der Waals surface area contributed by atoms with Crippen molar-refractivity contribution in [2.75, 3.05) is 17.4 Å². The lowest BCUT2D eigenvalue weighted by molar-refractivity contribution is 0.597. The molecule has 0 aliphatic heterocycles. The molecule has 2 aromatic rings. The van der Waals surface area contributed by atoms with E-state index >= 15 is 0 Å². The molecule has 2 N–H and O–H groups in total. The molecule has 0 saturated carbocycles. The number of nitrogen functional groups attached to an aromatic ring is 1. The zero-order chi connectivity index (χ0) is 11.8. The molecule has 0 aliphatic carbocycles. The second-order valence-corrected chi connectivity index (χ2v) is 6.74. The highest BCUT2D eigenvalue weighted by Gasteiger charge is 2.14. The highest BCUT2D eigenvalue weighted by molar-refractivity contribution is 7.91. The van der Waals surface area contributed by atoms with Crippen molar-refractivity contribution in [3.63, 3.8) is 0 Å². The minimum Gasteiger partial charge on any atom is -0.375 e. The summed E-state index contributed by atoms with van der Waals surface area (Å²) in [5.74, 6) is 0.0273. The molecule has 0 spiro atoms. The van der Waals surface area contributed by atoms with Gasteiger partial charge in [0.05, 0.1) is 20.9 Å². The molecule has 16 heavy (non-hydrogen) atoms. The average Bonchev–Trinajstić information content (AvgIpc) is 2.56. The number of anilines is 1. The Morgan fingerprint density at radius 3 is 2.88 bits per heavy atom. The summed E-state index contributed by atoms with van der Waals surface area (Å²) >= 11 is 6.72. The van der Waals surface area contributed by atoms with Crippen LogP contribution in [0.5, 0.6) is 0 Å². The molecule has 0 amide bonds. The fourth-order valence-electron chi connectivity index (χ4n) is 1.34. The molecule has 4 nitrogen and oxygen atoms in total. The molecule has 1 aromatic heterocycles. The lowest BCUT2D eigenvalue weighted by Crippen LogP contribution is -2.07. The van der Waals surface area contributed by atoms with Crippen molar-refractivity contribution in [3.05, 3.63) is 18.2 Å². The highest BCUT2D eigenvalue weighted by atomic mass is 35.5. The Balaban J connectivity index is 2.54. The molecule has 0 saturated heterocycles. The van der Waals surface area contributed by atoms with Crippen LogP contribution in [-0.2, 0) is 9.84 Å². The normalized spacial score (nSPS) is 12.1. The lowest BCUT2D eigenvalue weighted by atomic mass is 10.3. The standard InChI is InChI=1S/C9H9ClN2O2S2/c10-3-4-16(13,14)6-1-2-7-8(5-6)15-9(11)12-7/h1-2,5H,3-4H2,(H2,11,12). The molecule has 0 aliphatic rings. The van der Waals surface area contributed by atoms with Crippen molar-refractivity contribution in [2.45, 2.75) is 4.90 Å². The third-order valence-corrected chi connectivity index (χ3v) is 5.06. The topological polar surface area (TPSA) is 73.0 Å². The number of rotatable bonds is 3. The predicted octanol–water partition coefficient (Wildman–Crippen LogP) is 1.89. The molecule has 0 unspecified atom stereocenters. The molecule has 7 heteroatoms. The summed E-state index contributed by atoms with van der Waals surface area (Å²) in [5, 5.41) is 0.432. The van der Waals surface area contributed by atoms with Gasteiger partial charge in [-0.1, -0.05) is 11.3 Å². The number of hydrogen-bond acceptors (Lipinski definition) is 5. The van der Waals surface area contributed by atoms with Crippen LogP contribution in [0.15, 0.2) is 23.1 Å². The third kappa shape index (κ3) is 2.14. The molecular weight excluding hydrogens is 268 g/mol. The van der Waals surface area contributed by atoms with Gasteiger partial charge in [0, 0.05) is 5.88 Å². The maximum absolute atomic E-state index is 11.8. The quantitative estimate of drug-likeness (QED) is 0.869. The summed E-state index contributed by atoms with van der Waals surface area (Å²) in [6.07, 6.45) is 0. The molecule has 2 rings (SSSR count). The molecule has 0 radical (unpaired) electrons. The number of sulfone groups is 1. The number of aromatic nitrogens is 1. The molecule has 0 bridgehead atoms. The Morgan fingerprint density at radius 1 is 1.44 bits per heavy atom. The number of benzene rings is 1. The van der Waals surface area contributed by atoms with E-state index in [4.69, 9.17) is 17.3 Å². The number of halogens is 1. The van der Waals surface area contributed by atoms with Crippen LogP contribution in [0, 0.1) is 0 Å². The van der Waals surface area contributed by atoms with Gasteiger partial charge in [0.2, 0.25) is 0 Å². The van der Waals surface area contributed by atoms with Crippen molar-refractivity contribution in [2.24, 2.45) is 0 Å². The van der Waals surface area contributed by atoms with Crippen LogP contribution >= 0.6 is 22.9 Å². The zero-order valence-corrected chi connectivity index (χ0v) is 10.6. The van der Waals surface area contributed by atoms with Gasteiger partial charge in [-0.05, 0) is 18.2 Å². The molecular formula is C9H9ClN2O2S2. The van der Waals surface area contributed by atoms with Crippen molar-refractivity contribution >= 4 is 48.1 Å². The summed E-state index contributed by atoms with van der Waals surface area (Å²) < 4.78 is 24.3. The van der Waals surface area contributed by atoms with Crippen molar-refractivity contribution in [1.29, 1.82) is 0 Å². The van der Waals surface area contributed by atoms with Crippen molar-refractivity contribution in [1.82, 2.24) is 4.98 Å². The number of hydrogen-bond donors (Lipinski definition) is 1. The minimum atomic E-state index is -3.29. The van der Waals surface area contributed by atoms with Crippen LogP contribution in [0.1, 0.15) is 0 Å². The van der Waals surface area contributed by atoms with Crippen LogP contribution < -0.4 is 5.73 Å². The Morgan fingerprint density at radius 2 is 2.19 bits per heavy atom. The van der Waals surface area contributed by atoms with Gasteiger partial charge in [-0.3, -0.25) is 0 Å². The molecule has 1 heterocycles. The monoisotopic (exact) mass is 276 g/mol. The van der Waals surface area contributed by atoms with E-state index in [0.29, 0.717) is 10.6 Å². The zero-order valence-electron chi connectivity index (χ0n) is 8.18. The first-order valence-electron chi connectivity index (χ1n) is 4.48. The number of thiazole rings is 1. The highest BCUT2D eigenvalue weighted by Crippen LogP contribution is 2.26. The van der Waals surface area contributed by atoms with Gasteiger partial charge < -0.3 is 5.73 Å². The number of nitrogens with zero attached hydrogens (tertiary/aromatic N) is 1. The van der Waals surface area contributed by atoms with E-state index in [1.807, 2.05) is 0 Å². The van der Waals surface area contributed by atoms with Crippen molar-refractivity contribution in [3.8, 4) is 0 Å². The van der Waals surface area contributed by atoms with E-state index in [9.17, 15) is 8.42 Å². The minimum absolute atomic E-state index is 0.0612. The molecule has 0 atom stereocenters. The number of fused-ring (bicyclic) bond motifs is 1. The first-order chi connectivity index (χ1) is 7.53. The van der Waals surface area contributed by atoms with Crippen LogP contribution in [0.4, 0.5) is 5.13 Å². The van der Waals surface area contributed by atoms with Gasteiger partial charge in [0.25, 0.3) is 0 Å². The summed E-state index contributed by atoms with van der Waals surface area (Å²) in [6, 6.07) is 4.78. The van der Waals surface area contributed by atoms with E-state index in [1.54, 1.807) is 12.1 Å². The van der Waals surface area contributed by atoms with E-state index in [0.717, 1.165) is 4.70 Å². The summed E-state index contributed by atoms with van der Waals surface area (Å²) in [5.41, 5.74) is 6.26. The maximum Gasteiger partial charge on any atom is 0.181 e. The van der Waals surface area contributed by atoms with E-state index in [2.05, 4.69) is 4.98 Å². The fraction of sp³-hybridized carbons (Fsp3) is 0.222. The largest absolute Gasteiger partial charge is 0.375 e. The Kier molecular flexibility index (Phi) is 3.05. The number of nitrogens with two attached hydrogens (primary N) is 1. The average molecular weight is 277 g/mol. The van der Waals surface area contributed by atoms with Crippen molar-refractivity contribution < 1.29 is 8.42 Å². The second-order valence-electron chi connectivity index (χ2n) is 3.19. The van der Waals surface area contributed by atoms with Gasteiger partial charge in [0.1, 0.15) is 0 Å². The van der Waals surface area contributed by atoms with Gasteiger partial charge in [0.15, 0.2) is 15.0 Å². The molecule has 0 fully saturated rings. The third-order valence-electron chi connectivity index (χ3n) is 2.08. The molecule has 86 valence electrons. The fourth-order valence-corrected chi connectivity index (χ4v) is 3.80. The van der Waals surface area contributed by atoms with E-state index in [1.165, 1.54) is 17.4 Å². The number of alkyl halides is 1. The Hall–Kier alpha value is -0.850. The second kappa shape index (κ2) is 4.20.